The van der Waals surface area contributed by atoms with Crippen LogP contribution in [-0.4, -0.2) is 30.5 Å². The van der Waals surface area contributed by atoms with E-state index >= 15 is 0 Å². The summed E-state index contributed by atoms with van der Waals surface area (Å²) in [4.78, 5) is 35.5. The molecule has 29 heavy (non-hydrogen) atoms. The Kier molecular flexibility index (Phi) is 6.09. The number of rotatable bonds is 6. The van der Waals surface area contributed by atoms with Crippen molar-refractivity contribution in [3.63, 3.8) is 0 Å². The zero-order valence-electron chi connectivity index (χ0n) is 15.5. The maximum atomic E-state index is 12.3. The lowest BCUT2D eigenvalue weighted by molar-refractivity contribution is -0.385. The molecule has 9 nitrogen and oxygen atoms in total. The third-order valence-electron chi connectivity index (χ3n) is 4.47. The Morgan fingerprint density at radius 3 is 2.79 bits per heavy atom. The van der Waals surface area contributed by atoms with Crippen LogP contribution in [0.15, 0.2) is 18.2 Å². The predicted octanol–water partition coefficient (Wildman–Crippen LogP) is 3.21. The molecule has 0 atom stereocenters. The van der Waals surface area contributed by atoms with E-state index in [0.29, 0.717) is 10.6 Å². The first kappa shape index (κ1) is 20.3. The van der Waals surface area contributed by atoms with Gasteiger partial charge in [-0.2, -0.15) is 5.26 Å². The van der Waals surface area contributed by atoms with Crippen molar-refractivity contribution in [2.45, 2.75) is 25.7 Å². The second-order valence-electron chi connectivity index (χ2n) is 6.29. The number of nitro groups is 1. The van der Waals surface area contributed by atoms with E-state index in [0.717, 1.165) is 42.2 Å². The van der Waals surface area contributed by atoms with Gasteiger partial charge in [-0.15, -0.1) is 11.3 Å². The molecule has 1 aliphatic carbocycles. The minimum Gasteiger partial charge on any atom is -0.477 e. The maximum Gasteiger partial charge on any atom is 0.338 e. The Hall–Kier alpha value is -3.45. The van der Waals surface area contributed by atoms with Crippen molar-refractivity contribution in [1.82, 2.24) is 0 Å². The molecule has 1 N–H and O–H groups in total. The van der Waals surface area contributed by atoms with Crippen molar-refractivity contribution < 1.29 is 24.0 Å². The van der Waals surface area contributed by atoms with Gasteiger partial charge in [-0.1, -0.05) is 0 Å². The fourth-order valence-electron chi connectivity index (χ4n) is 3.11. The molecular formula is C19H17N3O6S. The molecule has 0 fully saturated rings. The number of carbonyl (C=O) groups excluding carboxylic acids is 2. The summed E-state index contributed by atoms with van der Waals surface area (Å²) in [6, 6.07) is 5.73. The lowest BCUT2D eigenvalue weighted by Crippen LogP contribution is -2.20. The highest BCUT2D eigenvalue weighted by Crippen LogP contribution is 2.37. The third-order valence-corrected chi connectivity index (χ3v) is 5.68. The number of nitriles is 1. The first-order valence-corrected chi connectivity index (χ1v) is 9.60. The van der Waals surface area contributed by atoms with Crippen molar-refractivity contribution in [1.29, 1.82) is 5.26 Å². The Morgan fingerprint density at radius 2 is 2.10 bits per heavy atom. The van der Waals surface area contributed by atoms with E-state index in [-0.39, 0.29) is 11.3 Å². The molecule has 0 spiro atoms. The van der Waals surface area contributed by atoms with Crippen LogP contribution in [0.1, 0.15) is 39.2 Å². The second-order valence-corrected chi connectivity index (χ2v) is 7.40. The normalized spacial score (nSPS) is 12.4. The molecule has 1 heterocycles. The molecule has 0 unspecified atom stereocenters. The largest absolute Gasteiger partial charge is 0.477 e. The van der Waals surface area contributed by atoms with Crippen LogP contribution >= 0.6 is 11.3 Å². The Balaban J connectivity index is 1.72. The smallest absolute Gasteiger partial charge is 0.338 e. The quantitative estimate of drug-likeness (QED) is 0.435. The van der Waals surface area contributed by atoms with E-state index in [1.807, 2.05) is 0 Å². The number of hydrogen-bond donors (Lipinski definition) is 1. The van der Waals surface area contributed by atoms with Gasteiger partial charge < -0.3 is 14.8 Å². The summed E-state index contributed by atoms with van der Waals surface area (Å²) in [6.45, 7) is -0.480. The number of aryl methyl sites for hydroxylation is 1. The number of thiophene rings is 1. The first-order chi connectivity index (χ1) is 13.9. The van der Waals surface area contributed by atoms with Crippen LogP contribution in [0, 0.1) is 21.4 Å². The Labute approximate surface area is 170 Å². The van der Waals surface area contributed by atoms with Crippen molar-refractivity contribution in [2.24, 2.45) is 0 Å². The van der Waals surface area contributed by atoms with Crippen LogP contribution in [-0.2, 0) is 22.4 Å². The lowest BCUT2D eigenvalue weighted by Gasteiger charge is -2.09. The summed E-state index contributed by atoms with van der Waals surface area (Å²) >= 11 is 1.38. The maximum absolute atomic E-state index is 12.3. The van der Waals surface area contributed by atoms with Crippen molar-refractivity contribution in [2.75, 3.05) is 19.0 Å². The van der Waals surface area contributed by atoms with Gasteiger partial charge in [0.25, 0.3) is 5.91 Å². The Morgan fingerprint density at radius 1 is 1.34 bits per heavy atom. The topological polar surface area (TPSA) is 132 Å². The van der Waals surface area contributed by atoms with Crippen LogP contribution in [0.25, 0.3) is 0 Å². The average molecular weight is 415 g/mol. The molecule has 0 saturated carbocycles. The number of nitro benzene ring substituents is 1. The van der Waals surface area contributed by atoms with Crippen molar-refractivity contribution in [3.8, 4) is 11.8 Å². The van der Waals surface area contributed by atoms with E-state index in [4.69, 9.17) is 4.74 Å². The SMILES string of the molecule is COC(=O)c1ccc(OCC(=O)Nc2sc3c(c2C#N)CCCC3)c([N+](=O)[O-])c1. The molecule has 0 saturated heterocycles. The average Bonchev–Trinajstić information content (AvgIpc) is 3.08. The fourth-order valence-corrected chi connectivity index (χ4v) is 4.36. The van der Waals surface area contributed by atoms with Gasteiger partial charge in [-0.3, -0.25) is 14.9 Å². The van der Waals surface area contributed by atoms with Crippen LogP contribution < -0.4 is 10.1 Å². The number of ether oxygens (including phenoxy) is 2. The van der Waals surface area contributed by atoms with Gasteiger partial charge in [-0.25, -0.2) is 4.79 Å². The van der Waals surface area contributed by atoms with Crippen LogP contribution in [0.2, 0.25) is 0 Å². The highest BCUT2D eigenvalue weighted by molar-refractivity contribution is 7.16. The van der Waals surface area contributed by atoms with Crippen LogP contribution in [0.4, 0.5) is 10.7 Å². The second kappa shape index (κ2) is 8.70. The number of hydrogen-bond acceptors (Lipinski definition) is 8. The van der Waals surface area contributed by atoms with Gasteiger partial charge >= 0.3 is 11.7 Å². The van der Waals surface area contributed by atoms with Crippen molar-refractivity contribution >= 4 is 33.9 Å². The number of anilines is 1. The van der Waals surface area contributed by atoms with E-state index in [2.05, 4.69) is 16.1 Å². The molecule has 0 aliphatic heterocycles. The summed E-state index contributed by atoms with van der Waals surface area (Å²) < 4.78 is 9.83. The zero-order chi connectivity index (χ0) is 21.0. The van der Waals surface area contributed by atoms with E-state index in [1.165, 1.54) is 30.6 Å². The first-order valence-electron chi connectivity index (χ1n) is 8.78. The fraction of sp³-hybridized carbons (Fsp3) is 0.316. The van der Waals surface area contributed by atoms with E-state index < -0.39 is 29.1 Å². The third kappa shape index (κ3) is 4.35. The molecule has 0 radical (unpaired) electrons. The molecule has 1 amide bonds. The summed E-state index contributed by atoms with van der Waals surface area (Å²) in [6.07, 6.45) is 3.78. The van der Waals surface area contributed by atoms with E-state index in [9.17, 15) is 25.0 Å². The van der Waals surface area contributed by atoms with Gasteiger partial charge in [0.05, 0.1) is 23.2 Å². The molecule has 1 aromatic heterocycles. The minimum atomic E-state index is -0.719. The summed E-state index contributed by atoms with van der Waals surface area (Å²) in [7, 11) is 1.17. The standard InChI is InChI=1S/C19H17N3O6S/c1-27-19(24)11-6-7-15(14(8-11)22(25)26)28-10-17(23)21-18-13(9-20)12-4-2-3-5-16(12)29-18/h6-8H,2-5,10H2,1H3,(H,21,23). The monoisotopic (exact) mass is 415 g/mol. The molecule has 2 aromatic rings. The molecule has 150 valence electrons. The number of carbonyl (C=O) groups is 2. The molecule has 1 aliphatic rings. The van der Waals surface area contributed by atoms with Gasteiger partial charge in [0.2, 0.25) is 0 Å². The zero-order valence-corrected chi connectivity index (χ0v) is 16.3. The highest BCUT2D eigenvalue weighted by Gasteiger charge is 2.23. The number of nitrogens with zero attached hydrogens (tertiary/aromatic N) is 2. The number of amides is 1. The summed E-state index contributed by atoms with van der Waals surface area (Å²) in [5.41, 5.74) is 1.02. The number of methoxy groups -OCH3 is 1. The predicted molar refractivity (Wildman–Crippen MR) is 104 cm³/mol. The minimum absolute atomic E-state index is 0.00108. The van der Waals surface area contributed by atoms with Gasteiger partial charge in [0.1, 0.15) is 11.1 Å². The number of fused-ring (bicyclic) bond motifs is 1. The van der Waals surface area contributed by atoms with Crippen molar-refractivity contribution in [3.05, 3.63) is 49.9 Å². The van der Waals surface area contributed by atoms with Gasteiger partial charge in [0, 0.05) is 10.9 Å². The Bertz CT molecular complexity index is 1020. The lowest BCUT2D eigenvalue weighted by atomic mass is 9.96. The van der Waals surface area contributed by atoms with Crippen LogP contribution in [0.5, 0.6) is 5.75 Å². The number of nitrogens with one attached hydrogen (secondary N) is 1. The number of esters is 1. The van der Waals surface area contributed by atoms with Gasteiger partial charge in [0.15, 0.2) is 12.4 Å². The highest BCUT2D eigenvalue weighted by atomic mass is 32.1. The molecule has 0 bridgehead atoms. The van der Waals surface area contributed by atoms with Crippen LogP contribution in [0.3, 0.4) is 0 Å². The molecular weight excluding hydrogens is 398 g/mol. The molecule has 10 heteroatoms. The van der Waals surface area contributed by atoms with E-state index in [1.54, 1.807) is 0 Å². The summed E-state index contributed by atoms with van der Waals surface area (Å²) in [5, 5.41) is 23.8. The van der Waals surface area contributed by atoms with Gasteiger partial charge in [-0.05, 0) is 43.4 Å². The molecule has 3 rings (SSSR count). The molecule has 1 aromatic carbocycles. The number of benzene rings is 1. The summed E-state index contributed by atoms with van der Waals surface area (Å²) in [5.74, 6) is -1.40.